The summed E-state index contributed by atoms with van der Waals surface area (Å²) in [5, 5.41) is 11.2. The van der Waals surface area contributed by atoms with Crippen molar-refractivity contribution in [3.63, 3.8) is 0 Å². The molecule has 0 aliphatic rings. The lowest BCUT2D eigenvalue weighted by molar-refractivity contribution is -0.115. The summed E-state index contributed by atoms with van der Waals surface area (Å²) in [6.07, 6.45) is 0.822. The van der Waals surface area contributed by atoms with Crippen LogP contribution in [0.3, 0.4) is 0 Å². The van der Waals surface area contributed by atoms with Gasteiger partial charge in [-0.05, 0) is 42.0 Å². The van der Waals surface area contributed by atoms with E-state index in [1.54, 1.807) is 18.9 Å². The molecule has 0 unspecified atom stereocenters. The number of carbonyl (C=O) groups is 1. The predicted octanol–water partition coefficient (Wildman–Crippen LogP) is 4.44. The Labute approximate surface area is 166 Å². The molecule has 3 rings (SSSR count). The van der Waals surface area contributed by atoms with E-state index >= 15 is 0 Å². The van der Waals surface area contributed by atoms with Crippen LogP contribution < -0.4 is 10.1 Å². The van der Waals surface area contributed by atoms with Gasteiger partial charge in [-0.3, -0.25) is 10.1 Å². The Morgan fingerprint density at radius 3 is 2.59 bits per heavy atom. The summed E-state index contributed by atoms with van der Waals surface area (Å²) in [5.74, 6) is 1.69. The second-order valence-corrected chi connectivity index (χ2v) is 7.23. The van der Waals surface area contributed by atoms with Gasteiger partial charge in [0.1, 0.15) is 5.75 Å². The Bertz CT molecular complexity index is 882. The Morgan fingerprint density at radius 2 is 1.89 bits per heavy atom. The molecule has 0 saturated carbocycles. The molecule has 8 heteroatoms. The third kappa shape index (κ3) is 6.01. The molecule has 6 nitrogen and oxygen atoms in total. The fraction of sp³-hybridized carbons (Fsp3) is 0.211. The summed E-state index contributed by atoms with van der Waals surface area (Å²) in [6.45, 7) is 0. The van der Waals surface area contributed by atoms with Gasteiger partial charge in [0.15, 0.2) is 0 Å². The van der Waals surface area contributed by atoms with Crippen molar-refractivity contribution in [2.24, 2.45) is 0 Å². The second-order valence-electron chi connectivity index (χ2n) is 5.63. The summed E-state index contributed by atoms with van der Waals surface area (Å²) in [7, 11) is 1.62. The number of nitrogens with one attached hydrogen (secondary N) is 1. The van der Waals surface area contributed by atoms with Crippen LogP contribution in [-0.4, -0.2) is 29.0 Å². The number of aromatic nitrogens is 2. The van der Waals surface area contributed by atoms with Crippen LogP contribution in [0.15, 0.2) is 57.8 Å². The van der Waals surface area contributed by atoms with Crippen molar-refractivity contribution in [2.75, 3.05) is 18.2 Å². The summed E-state index contributed by atoms with van der Waals surface area (Å²) in [5.41, 5.74) is 1.01. The van der Waals surface area contributed by atoms with Gasteiger partial charge >= 0.3 is 6.01 Å². The van der Waals surface area contributed by atoms with Gasteiger partial charge in [0.25, 0.3) is 0 Å². The van der Waals surface area contributed by atoms with Crippen molar-refractivity contribution >= 4 is 35.3 Å². The maximum atomic E-state index is 12.0. The van der Waals surface area contributed by atoms with E-state index in [0.29, 0.717) is 29.5 Å². The molecular formula is C19H18ClN3O3S. The van der Waals surface area contributed by atoms with Crippen LogP contribution >= 0.6 is 23.4 Å². The molecule has 0 saturated heterocycles. The Morgan fingerprint density at radius 1 is 1.15 bits per heavy atom. The number of benzene rings is 2. The zero-order valence-electron chi connectivity index (χ0n) is 14.6. The van der Waals surface area contributed by atoms with Gasteiger partial charge in [0.05, 0.1) is 13.5 Å². The van der Waals surface area contributed by atoms with Crippen LogP contribution in [0.5, 0.6) is 5.75 Å². The van der Waals surface area contributed by atoms with Crippen molar-refractivity contribution < 1.29 is 13.9 Å². The van der Waals surface area contributed by atoms with E-state index in [1.807, 2.05) is 48.5 Å². The first-order chi connectivity index (χ1) is 13.1. The maximum Gasteiger partial charge on any atom is 0.322 e. The van der Waals surface area contributed by atoms with Gasteiger partial charge in [-0.15, -0.1) is 16.9 Å². The molecule has 1 aromatic heterocycles. The molecule has 1 N–H and O–H groups in total. The molecule has 140 valence electrons. The van der Waals surface area contributed by atoms with Crippen molar-refractivity contribution in [3.05, 3.63) is 65.0 Å². The van der Waals surface area contributed by atoms with E-state index in [1.165, 1.54) is 0 Å². The average molecular weight is 404 g/mol. The number of halogens is 1. The molecular weight excluding hydrogens is 386 g/mol. The van der Waals surface area contributed by atoms with Gasteiger partial charge in [-0.1, -0.05) is 28.8 Å². The topological polar surface area (TPSA) is 77.3 Å². The molecule has 0 bridgehead atoms. The van der Waals surface area contributed by atoms with E-state index in [9.17, 15) is 4.79 Å². The molecule has 3 aromatic rings. The number of ether oxygens (including phenoxy) is 1. The van der Waals surface area contributed by atoms with E-state index in [0.717, 1.165) is 16.2 Å². The smallest absolute Gasteiger partial charge is 0.322 e. The summed E-state index contributed by atoms with van der Waals surface area (Å²) in [6, 6.07) is 15.2. The number of anilines is 1. The van der Waals surface area contributed by atoms with Crippen LogP contribution in [-0.2, 0) is 11.2 Å². The number of thioether (sulfide) groups is 1. The summed E-state index contributed by atoms with van der Waals surface area (Å²) in [4.78, 5) is 13.1. The molecule has 0 spiro atoms. The molecule has 0 fully saturated rings. The Hall–Kier alpha value is -2.51. The average Bonchev–Trinajstić information content (AvgIpc) is 3.10. The number of nitrogens with zero attached hydrogens (tertiary/aromatic N) is 2. The number of amides is 1. The highest BCUT2D eigenvalue weighted by molar-refractivity contribution is 7.99. The van der Waals surface area contributed by atoms with Crippen LogP contribution in [0.4, 0.5) is 6.01 Å². The first-order valence-electron chi connectivity index (χ1n) is 8.26. The first-order valence-corrected chi connectivity index (χ1v) is 9.62. The lowest BCUT2D eigenvalue weighted by Gasteiger charge is -2.02. The molecule has 0 radical (unpaired) electrons. The molecule has 2 aromatic carbocycles. The van der Waals surface area contributed by atoms with Gasteiger partial charge in [-0.25, -0.2) is 0 Å². The quantitative estimate of drug-likeness (QED) is 0.560. The predicted molar refractivity (Wildman–Crippen MR) is 106 cm³/mol. The molecule has 27 heavy (non-hydrogen) atoms. The molecule has 1 amide bonds. The maximum absolute atomic E-state index is 12.0. The van der Waals surface area contributed by atoms with Crippen molar-refractivity contribution in [1.82, 2.24) is 10.2 Å². The number of hydrogen-bond donors (Lipinski definition) is 1. The highest BCUT2D eigenvalue weighted by Crippen LogP contribution is 2.21. The van der Waals surface area contributed by atoms with Crippen LogP contribution in [0.1, 0.15) is 17.9 Å². The van der Waals surface area contributed by atoms with E-state index in [2.05, 4.69) is 15.5 Å². The van der Waals surface area contributed by atoms with Crippen molar-refractivity contribution in [3.8, 4) is 5.75 Å². The largest absolute Gasteiger partial charge is 0.497 e. The van der Waals surface area contributed by atoms with Gasteiger partial charge in [0, 0.05) is 22.1 Å². The lowest BCUT2D eigenvalue weighted by atomic mass is 10.1. The lowest BCUT2D eigenvalue weighted by Crippen LogP contribution is -2.12. The first kappa shape index (κ1) is 19.3. The summed E-state index contributed by atoms with van der Waals surface area (Å²) >= 11 is 7.43. The monoisotopic (exact) mass is 403 g/mol. The molecule has 0 atom stereocenters. The molecule has 0 aliphatic carbocycles. The minimum atomic E-state index is -0.170. The fourth-order valence-corrected chi connectivity index (χ4v) is 3.25. The highest BCUT2D eigenvalue weighted by atomic mass is 35.5. The van der Waals surface area contributed by atoms with Gasteiger partial charge < -0.3 is 9.15 Å². The second kappa shape index (κ2) is 9.43. The highest BCUT2D eigenvalue weighted by Gasteiger charge is 2.10. The SMILES string of the molecule is COc1ccc(Cc2nnc(NC(=O)CCSc3ccc(Cl)cc3)o2)cc1. The van der Waals surface area contributed by atoms with E-state index < -0.39 is 0 Å². The standard InChI is InChI=1S/C19H18ClN3O3S/c1-25-15-6-2-13(3-7-15)12-18-22-23-19(26-18)21-17(24)10-11-27-16-8-4-14(20)5-9-16/h2-9H,10-12H2,1H3,(H,21,23,24). The minimum Gasteiger partial charge on any atom is -0.497 e. The van der Waals surface area contributed by atoms with Gasteiger partial charge in [-0.2, -0.15) is 0 Å². The van der Waals surface area contributed by atoms with Crippen LogP contribution in [0, 0.1) is 0 Å². The normalized spacial score (nSPS) is 10.6. The van der Waals surface area contributed by atoms with Crippen molar-refractivity contribution in [1.29, 1.82) is 0 Å². The number of rotatable bonds is 8. The minimum absolute atomic E-state index is 0.111. The fourth-order valence-electron chi connectivity index (χ4n) is 2.27. The van der Waals surface area contributed by atoms with Crippen LogP contribution in [0.2, 0.25) is 5.02 Å². The number of carbonyl (C=O) groups excluding carboxylic acids is 1. The van der Waals surface area contributed by atoms with Gasteiger partial charge in [0.2, 0.25) is 11.8 Å². The zero-order chi connectivity index (χ0) is 19.1. The third-order valence-corrected chi connectivity index (χ3v) is 4.90. The zero-order valence-corrected chi connectivity index (χ0v) is 16.2. The number of hydrogen-bond acceptors (Lipinski definition) is 6. The van der Waals surface area contributed by atoms with Crippen molar-refractivity contribution in [2.45, 2.75) is 17.7 Å². The summed E-state index contributed by atoms with van der Waals surface area (Å²) < 4.78 is 10.6. The Kier molecular flexibility index (Phi) is 6.73. The number of methoxy groups -OCH3 is 1. The third-order valence-electron chi connectivity index (χ3n) is 3.64. The Balaban J connectivity index is 1.45. The van der Waals surface area contributed by atoms with Crippen LogP contribution in [0.25, 0.3) is 0 Å². The van der Waals surface area contributed by atoms with E-state index in [-0.39, 0.29) is 11.9 Å². The molecule has 0 aliphatic heterocycles. The van der Waals surface area contributed by atoms with E-state index in [4.69, 9.17) is 20.8 Å². The molecule has 1 heterocycles.